The zero-order valence-electron chi connectivity index (χ0n) is 11.0. The van der Waals surface area contributed by atoms with Crippen LogP contribution in [0.4, 0.5) is 5.82 Å². The average molecular weight is 236 g/mol. The first-order valence-corrected chi connectivity index (χ1v) is 6.62. The largest absolute Gasteiger partial charge is 0.392 e. The first-order valence-electron chi connectivity index (χ1n) is 6.62. The molecule has 0 aromatic carbocycles. The predicted octanol–water partition coefficient (Wildman–Crippen LogP) is 2.98. The summed E-state index contributed by atoms with van der Waals surface area (Å²) in [4.78, 5) is 6.73. The molecule has 0 aliphatic carbocycles. The lowest BCUT2D eigenvalue weighted by molar-refractivity contribution is 0.281. The predicted molar refractivity (Wildman–Crippen MR) is 72.2 cm³/mol. The van der Waals surface area contributed by atoms with Gasteiger partial charge in [-0.15, -0.1) is 0 Å². The van der Waals surface area contributed by atoms with Gasteiger partial charge in [0.2, 0.25) is 0 Å². The molecule has 0 saturated heterocycles. The van der Waals surface area contributed by atoms with Gasteiger partial charge in [-0.2, -0.15) is 0 Å². The molecule has 0 aliphatic rings. The van der Waals surface area contributed by atoms with Crippen LogP contribution >= 0.6 is 0 Å². The number of aliphatic hydroxyl groups excluding tert-OH is 1. The van der Waals surface area contributed by atoms with Gasteiger partial charge in [0, 0.05) is 19.3 Å². The Labute approximate surface area is 104 Å². The first-order chi connectivity index (χ1) is 8.31. The minimum atomic E-state index is 0.0882. The molecule has 0 aliphatic heterocycles. The molecule has 96 valence electrons. The van der Waals surface area contributed by atoms with E-state index in [0.717, 1.165) is 24.5 Å². The van der Waals surface area contributed by atoms with Gasteiger partial charge in [-0.25, -0.2) is 4.98 Å². The third-order valence-corrected chi connectivity index (χ3v) is 2.88. The van der Waals surface area contributed by atoms with Crippen molar-refractivity contribution in [3.8, 4) is 0 Å². The quantitative estimate of drug-likeness (QED) is 0.754. The summed E-state index contributed by atoms with van der Waals surface area (Å²) in [6.45, 7) is 6.60. The van der Waals surface area contributed by atoms with Crippen LogP contribution < -0.4 is 4.90 Å². The number of aromatic nitrogens is 1. The highest BCUT2D eigenvalue weighted by Gasteiger charge is 2.07. The number of aliphatic hydroxyl groups is 1. The third kappa shape index (κ3) is 4.73. The maximum absolute atomic E-state index is 9.15. The Balaban J connectivity index is 2.71. The lowest BCUT2D eigenvalue weighted by atomic mass is 10.2. The summed E-state index contributed by atoms with van der Waals surface area (Å²) in [5, 5.41) is 9.15. The Hall–Kier alpha value is -1.09. The molecule has 1 N–H and O–H groups in total. The molecule has 0 fully saturated rings. The van der Waals surface area contributed by atoms with Crippen LogP contribution in [-0.4, -0.2) is 23.2 Å². The zero-order chi connectivity index (χ0) is 12.5. The number of hydrogen-bond donors (Lipinski definition) is 1. The van der Waals surface area contributed by atoms with Crippen LogP contribution in [0.2, 0.25) is 0 Å². The highest BCUT2D eigenvalue weighted by molar-refractivity contribution is 5.40. The molecule has 0 saturated carbocycles. The van der Waals surface area contributed by atoms with Crippen molar-refractivity contribution in [1.82, 2.24) is 4.98 Å². The van der Waals surface area contributed by atoms with Crippen molar-refractivity contribution in [2.75, 3.05) is 18.0 Å². The molecule has 3 heteroatoms. The number of rotatable bonds is 8. The van der Waals surface area contributed by atoms with Gasteiger partial charge in [0.05, 0.1) is 6.61 Å². The molecule has 3 nitrogen and oxygen atoms in total. The Kier molecular flexibility index (Phi) is 6.63. The Morgan fingerprint density at radius 2 is 1.82 bits per heavy atom. The van der Waals surface area contributed by atoms with Crippen LogP contribution in [-0.2, 0) is 6.61 Å². The fourth-order valence-electron chi connectivity index (χ4n) is 1.77. The third-order valence-electron chi connectivity index (χ3n) is 2.88. The highest BCUT2D eigenvalue weighted by atomic mass is 16.3. The van der Waals surface area contributed by atoms with Crippen molar-refractivity contribution in [2.24, 2.45) is 0 Å². The number of anilines is 1. The number of nitrogens with zero attached hydrogens (tertiary/aromatic N) is 2. The zero-order valence-corrected chi connectivity index (χ0v) is 11.0. The van der Waals surface area contributed by atoms with Crippen LogP contribution in [0.1, 0.15) is 45.1 Å². The van der Waals surface area contributed by atoms with Gasteiger partial charge >= 0.3 is 0 Å². The van der Waals surface area contributed by atoms with E-state index in [2.05, 4.69) is 23.7 Å². The molecule has 0 atom stereocenters. The van der Waals surface area contributed by atoms with E-state index < -0.39 is 0 Å². The Bertz CT molecular complexity index is 307. The first kappa shape index (κ1) is 14.0. The standard InChI is InChI=1S/C14H24N2O/c1-3-5-9-16(10-6-4-2)14-11-13(12-17)7-8-15-14/h7-8,11,17H,3-6,9-10,12H2,1-2H3. The van der Waals surface area contributed by atoms with Gasteiger partial charge in [0.25, 0.3) is 0 Å². The molecule has 1 aromatic heterocycles. The second kappa shape index (κ2) is 8.07. The van der Waals surface area contributed by atoms with Gasteiger partial charge in [-0.3, -0.25) is 0 Å². The van der Waals surface area contributed by atoms with E-state index in [1.807, 2.05) is 12.1 Å². The van der Waals surface area contributed by atoms with Gasteiger partial charge in [0.1, 0.15) is 5.82 Å². The molecule has 1 heterocycles. The van der Waals surface area contributed by atoms with Gasteiger partial charge < -0.3 is 10.0 Å². The highest BCUT2D eigenvalue weighted by Crippen LogP contribution is 2.14. The lowest BCUT2D eigenvalue weighted by Gasteiger charge is -2.23. The van der Waals surface area contributed by atoms with Crippen molar-refractivity contribution in [3.63, 3.8) is 0 Å². The Morgan fingerprint density at radius 1 is 1.18 bits per heavy atom. The summed E-state index contributed by atoms with van der Waals surface area (Å²) in [7, 11) is 0. The summed E-state index contributed by atoms with van der Waals surface area (Å²) in [6, 6.07) is 3.85. The summed E-state index contributed by atoms with van der Waals surface area (Å²) in [5.41, 5.74) is 0.938. The van der Waals surface area contributed by atoms with Gasteiger partial charge in [-0.1, -0.05) is 26.7 Å². The number of hydrogen-bond acceptors (Lipinski definition) is 3. The van der Waals surface area contributed by atoms with E-state index in [1.54, 1.807) is 6.20 Å². The van der Waals surface area contributed by atoms with E-state index in [4.69, 9.17) is 5.11 Å². The molecular weight excluding hydrogens is 212 g/mol. The molecule has 1 aromatic rings. The molecule has 0 unspecified atom stereocenters. The number of unbranched alkanes of at least 4 members (excludes halogenated alkanes) is 2. The van der Waals surface area contributed by atoms with Crippen molar-refractivity contribution < 1.29 is 5.11 Å². The molecule has 0 radical (unpaired) electrons. The van der Waals surface area contributed by atoms with Crippen LogP contribution in [0.3, 0.4) is 0 Å². The molecule has 0 spiro atoms. The van der Waals surface area contributed by atoms with Crippen molar-refractivity contribution in [3.05, 3.63) is 23.9 Å². The fraction of sp³-hybridized carbons (Fsp3) is 0.643. The maximum Gasteiger partial charge on any atom is 0.128 e. The Morgan fingerprint density at radius 3 is 2.35 bits per heavy atom. The van der Waals surface area contributed by atoms with E-state index >= 15 is 0 Å². The summed E-state index contributed by atoms with van der Waals surface area (Å²) < 4.78 is 0. The SMILES string of the molecule is CCCCN(CCCC)c1cc(CO)ccn1. The van der Waals surface area contributed by atoms with Crippen LogP contribution in [0.25, 0.3) is 0 Å². The summed E-state index contributed by atoms with van der Waals surface area (Å²) >= 11 is 0. The molecule has 1 rings (SSSR count). The van der Waals surface area contributed by atoms with E-state index in [1.165, 1.54) is 25.7 Å². The van der Waals surface area contributed by atoms with Crippen molar-refractivity contribution in [2.45, 2.75) is 46.1 Å². The fourth-order valence-corrected chi connectivity index (χ4v) is 1.77. The number of pyridine rings is 1. The van der Waals surface area contributed by atoms with Crippen LogP contribution in [0.5, 0.6) is 0 Å². The van der Waals surface area contributed by atoms with Gasteiger partial charge in [0.15, 0.2) is 0 Å². The van der Waals surface area contributed by atoms with Crippen LogP contribution in [0, 0.1) is 0 Å². The monoisotopic (exact) mass is 236 g/mol. The lowest BCUT2D eigenvalue weighted by Crippen LogP contribution is -2.26. The van der Waals surface area contributed by atoms with E-state index in [0.29, 0.717) is 0 Å². The second-order valence-corrected chi connectivity index (χ2v) is 4.37. The summed E-state index contributed by atoms with van der Waals surface area (Å²) in [6.07, 6.45) is 6.56. The minimum Gasteiger partial charge on any atom is -0.392 e. The molecule has 0 amide bonds. The summed E-state index contributed by atoms with van der Waals surface area (Å²) in [5.74, 6) is 0.999. The maximum atomic E-state index is 9.15. The van der Waals surface area contributed by atoms with E-state index in [-0.39, 0.29) is 6.61 Å². The van der Waals surface area contributed by atoms with E-state index in [9.17, 15) is 0 Å². The molecule has 17 heavy (non-hydrogen) atoms. The van der Waals surface area contributed by atoms with Crippen LogP contribution in [0.15, 0.2) is 18.3 Å². The molecular formula is C14H24N2O. The molecule has 0 bridgehead atoms. The second-order valence-electron chi connectivity index (χ2n) is 4.37. The van der Waals surface area contributed by atoms with Gasteiger partial charge in [-0.05, 0) is 30.5 Å². The normalized spacial score (nSPS) is 10.5. The smallest absolute Gasteiger partial charge is 0.128 e. The van der Waals surface area contributed by atoms with Crippen molar-refractivity contribution >= 4 is 5.82 Å². The minimum absolute atomic E-state index is 0.0882. The van der Waals surface area contributed by atoms with Crippen molar-refractivity contribution in [1.29, 1.82) is 0 Å². The average Bonchev–Trinajstić information content (AvgIpc) is 2.39. The topological polar surface area (TPSA) is 36.4 Å².